The summed E-state index contributed by atoms with van der Waals surface area (Å²) in [5.41, 5.74) is 1.52. The van der Waals surface area contributed by atoms with Crippen LogP contribution in [0, 0.1) is 0 Å². The van der Waals surface area contributed by atoms with Crippen molar-refractivity contribution < 1.29 is 9.90 Å². The Hall–Kier alpha value is -1.35. The normalized spacial score (nSPS) is 17.5. The molecule has 1 aliphatic rings. The largest absolute Gasteiger partial charge is 0.392 e. The minimum atomic E-state index is 0.00932. The van der Waals surface area contributed by atoms with E-state index in [9.17, 15) is 4.79 Å². The molecule has 1 saturated carbocycles. The Morgan fingerprint density at radius 2 is 1.63 bits per heavy atom. The van der Waals surface area contributed by atoms with Gasteiger partial charge < -0.3 is 10.4 Å². The van der Waals surface area contributed by atoms with Gasteiger partial charge in [0, 0.05) is 11.6 Å². The van der Waals surface area contributed by atoms with E-state index in [1.165, 1.54) is 32.1 Å². The van der Waals surface area contributed by atoms with E-state index in [0.29, 0.717) is 11.6 Å². The number of rotatable bonds is 3. The van der Waals surface area contributed by atoms with Gasteiger partial charge in [-0.3, -0.25) is 4.79 Å². The first-order valence-electron chi connectivity index (χ1n) is 7.30. The van der Waals surface area contributed by atoms with Crippen molar-refractivity contribution in [3.05, 3.63) is 35.4 Å². The molecule has 0 atom stereocenters. The van der Waals surface area contributed by atoms with Crippen LogP contribution in [-0.2, 0) is 6.61 Å². The van der Waals surface area contributed by atoms with Crippen LogP contribution in [0.4, 0.5) is 0 Å². The number of hydrogen-bond acceptors (Lipinski definition) is 2. The number of amides is 1. The molecule has 0 bridgehead atoms. The molecule has 3 heteroatoms. The fourth-order valence-electron chi connectivity index (χ4n) is 2.63. The number of aliphatic hydroxyl groups excluding tert-OH is 1. The van der Waals surface area contributed by atoms with Gasteiger partial charge in [-0.1, -0.05) is 44.2 Å². The summed E-state index contributed by atoms with van der Waals surface area (Å²) in [6, 6.07) is 7.48. The highest BCUT2D eigenvalue weighted by molar-refractivity contribution is 5.94. The zero-order valence-electron chi connectivity index (χ0n) is 11.4. The summed E-state index contributed by atoms with van der Waals surface area (Å²) in [6.45, 7) is 0.0184. The summed E-state index contributed by atoms with van der Waals surface area (Å²) in [7, 11) is 0. The van der Waals surface area contributed by atoms with Crippen molar-refractivity contribution in [2.45, 2.75) is 57.6 Å². The van der Waals surface area contributed by atoms with Crippen molar-refractivity contribution in [3.8, 4) is 0 Å². The summed E-state index contributed by atoms with van der Waals surface area (Å²) in [4.78, 5) is 12.1. The molecular weight excluding hydrogens is 238 g/mol. The molecule has 0 spiro atoms. The summed E-state index contributed by atoms with van der Waals surface area (Å²) in [5.74, 6) is 0.00932. The summed E-state index contributed by atoms with van der Waals surface area (Å²) in [6.07, 6.45) is 8.54. The lowest BCUT2D eigenvalue weighted by Crippen LogP contribution is -2.35. The van der Waals surface area contributed by atoms with E-state index in [1.807, 2.05) is 0 Å². The number of carbonyl (C=O) groups excluding carboxylic acids is 1. The standard InChI is InChI=1S/C16H23NO2/c18-12-13-8-10-14(11-9-13)16(19)17-15-6-4-2-1-3-5-7-15/h8-11,15,18H,1-7,12H2,(H,17,19). The van der Waals surface area contributed by atoms with E-state index in [4.69, 9.17) is 5.11 Å². The van der Waals surface area contributed by atoms with Crippen LogP contribution in [0.5, 0.6) is 0 Å². The number of benzene rings is 1. The van der Waals surface area contributed by atoms with Crippen molar-refractivity contribution >= 4 is 5.91 Å². The molecule has 19 heavy (non-hydrogen) atoms. The van der Waals surface area contributed by atoms with E-state index < -0.39 is 0 Å². The highest BCUT2D eigenvalue weighted by Gasteiger charge is 2.14. The van der Waals surface area contributed by atoms with E-state index in [2.05, 4.69) is 5.32 Å². The zero-order valence-corrected chi connectivity index (χ0v) is 11.4. The minimum Gasteiger partial charge on any atom is -0.392 e. The average molecular weight is 261 g/mol. The fraction of sp³-hybridized carbons (Fsp3) is 0.562. The monoisotopic (exact) mass is 261 g/mol. The summed E-state index contributed by atoms with van der Waals surface area (Å²) < 4.78 is 0. The molecule has 2 N–H and O–H groups in total. The highest BCUT2D eigenvalue weighted by atomic mass is 16.3. The Kier molecular flexibility index (Phi) is 5.40. The van der Waals surface area contributed by atoms with Crippen LogP contribution in [0.25, 0.3) is 0 Å². The minimum absolute atomic E-state index is 0.00932. The Balaban J connectivity index is 1.91. The van der Waals surface area contributed by atoms with E-state index >= 15 is 0 Å². The van der Waals surface area contributed by atoms with Gasteiger partial charge in [0.15, 0.2) is 0 Å². The summed E-state index contributed by atoms with van der Waals surface area (Å²) >= 11 is 0. The van der Waals surface area contributed by atoms with Gasteiger partial charge in [-0.25, -0.2) is 0 Å². The number of hydrogen-bond donors (Lipinski definition) is 2. The van der Waals surface area contributed by atoms with Crippen LogP contribution in [0.15, 0.2) is 24.3 Å². The molecule has 1 amide bonds. The van der Waals surface area contributed by atoms with E-state index in [1.54, 1.807) is 24.3 Å². The molecule has 1 aliphatic carbocycles. The molecule has 0 saturated heterocycles. The van der Waals surface area contributed by atoms with Crippen molar-refractivity contribution in [2.75, 3.05) is 0 Å². The second-order valence-electron chi connectivity index (χ2n) is 5.37. The van der Waals surface area contributed by atoms with Crippen molar-refractivity contribution in [2.24, 2.45) is 0 Å². The molecular formula is C16H23NO2. The average Bonchev–Trinajstić information content (AvgIpc) is 2.41. The predicted molar refractivity (Wildman–Crippen MR) is 75.9 cm³/mol. The highest BCUT2D eigenvalue weighted by Crippen LogP contribution is 2.17. The Labute approximate surface area is 115 Å². The van der Waals surface area contributed by atoms with Crippen LogP contribution >= 0.6 is 0 Å². The third-order valence-electron chi connectivity index (χ3n) is 3.84. The van der Waals surface area contributed by atoms with Gasteiger partial charge >= 0.3 is 0 Å². The molecule has 2 rings (SSSR count). The van der Waals surface area contributed by atoms with Gasteiger partial charge in [0.05, 0.1) is 6.61 Å². The second kappa shape index (κ2) is 7.29. The molecule has 0 heterocycles. The van der Waals surface area contributed by atoms with Crippen molar-refractivity contribution in [3.63, 3.8) is 0 Å². The topological polar surface area (TPSA) is 49.3 Å². The first kappa shape index (κ1) is 14.1. The zero-order chi connectivity index (χ0) is 13.5. The van der Waals surface area contributed by atoms with Gasteiger partial charge in [0.1, 0.15) is 0 Å². The van der Waals surface area contributed by atoms with Gasteiger partial charge in [-0.2, -0.15) is 0 Å². The third kappa shape index (κ3) is 4.35. The van der Waals surface area contributed by atoms with Crippen molar-refractivity contribution in [1.29, 1.82) is 0 Å². The predicted octanol–water partition coefficient (Wildman–Crippen LogP) is 3.02. The molecule has 104 valence electrons. The first-order valence-corrected chi connectivity index (χ1v) is 7.30. The fourth-order valence-corrected chi connectivity index (χ4v) is 2.63. The van der Waals surface area contributed by atoms with Gasteiger partial charge in [0.25, 0.3) is 5.91 Å². The smallest absolute Gasteiger partial charge is 0.251 e. The lowest BCUT2D eigenvalue weighted by Gasteiger charge is -2.21. The third-order valence-corrected chi connectivity index (χ3v) is 3.84. The maximum Gasteiger partial charge on any atom is 0.251 e. The van der Waals surface area contributed by atoms with Gasteiger partial charge in [-0.05, 0) is 30.5 Å². The number of aliphatic hydroxyl groups is 1. The van der Waals surface area contributed by atoms with Crippen LogP contribution in [0.3, 0.4) is 0 Å². The van der Waals surface area contributed by atoms with Crippen LogP contribution < -0.4 is 5.32 Å². The Morgan fingerprint density at radius 3 is 2.21 bits per heavy atom. The molecule has 0 unspecified atom stereocenters. The maximum atomic E-state index is 12.1. The first-order chi connectivity index (χ1) is 9.29. The summed E-state index contributed by atoms with van der Waals surface area (Å²) in [5, 5.41) is 12.1. The molecule has 1 aromatic carbocycles. The molecule has 3 nitrogen and oxygen atoms in total. The van der Waals surface area contributed by atoms with Crippen molar-refractivity contribution in [1.82, 2.24) is 5.32 Å². The van der Waals surface area contributed by atoms with E-state index in [-0.39, 0.29) is 12.5 Å². The molecule has 1 aromatic rings. The van der Waals surface area contributed by atoms with E-state index in [0.717, 1.165) is 18.4 Å². The van der Waals surface area contributed by atoms with Crippen LogP contribution in [0.1, 0.15) is 60.9 Å². The van der Waals surface area contributed by atoms with Gasteiger partial charge in [-0.15, -0.1) is 0 Å². The molecule has 1 fully saturated rings. The number of nitrogens with one attached hydrogen (secondary N) is 1. The van der Waals surface area contributed by atoms with Crippen LogP contribution in [-0.4, -0.2) is 17.1 Å². The quantitative estimate of drug-likeness (QED) is 0.878. The SMILES string of the molecule is O=C(NC1CCCCCCC1)c1ccc(CO)cc1. The Bertz CT molecular complexity index is 392. The Morgan fingerprint density at radius 1 is 1.05 bits per heavy atom. The number of carbonyl (C=O) groups is 1. The molecule has 0 aliphatic heterocycles. The second-order valence-corrected chi connectivity index (χ2v) is 5.37. The lowest BCUT2D eigenvalue weighted by molar-refractivity contribution is 0.0930. The van der Waals surface area contributed by atoms with Crippen LogP contribution in [0.2, 0.25) is 0 Å². The molecule has 0 radical (unpaired) electrons. The lowest BCUT2D eigenvalue weighted by atomic mass is 9.96. The molecule has 0 aromatic heterocycles. The maximum absolute atomic E-state index is 12.1. The van der Waals surface area contributed by atoms with Gasteiger partial charge in [0.2, 0.25) is 0 Å².